The molecule has 29 heavy (non-hydrogen) atoms. The van der Waals surface area contributed by atoms with Gasteiger partial charge in [0.05, 0.1) is 5.56 Å². The molecule has 0 fully saturated rings. The lowest BCUT2D eigenvalue weighted by atomic mass is 10.1. The first-order valence-corrected chi connectivity index (χ1v) is 9.97. The van der Waals surface area contributed by atoms with E-state index in [0.717, 1.165) is 15.8 Å². The molecule has 0 amide bonds. The van der Waals surface area contributed by atoms with Crippen LogP contribution in [0.25, 0.3) is 10.1 Å². The second-order valence-electron chi connectivity index (χ2n) is 6.43. The summed E-state index contributed by atoms with van der Waals surface area (Å²) in [7, 11) is 0. The minimum atomic E-state index is -0.530. The fourth-order valence-corrected chi connectivity index (χ4v) is 4.06. The third-order valence-corrected chi connectivity index (χ3v) is 5.56. The fourth-order valence-electron chi connectivity index (χ4n) is 2.98. The van der Waals surface area contributed by atoms with Crippen LogP contribution in [0.2, 0.25) is 0 Å². The van der Waals surface area contributed by atoms with Crippen LogP contribution in [0.4, 0.5) is 0 Å². The number of hydrogen-bond donors (Lipinski definition) is 0. The summed E-state index contributed by atoms with van der Waals surface area (Å²) in [5.41, 5.74) is 2.03. The molecule has 0 unspecified atom stereocenters. The van der Waals surface area contributed by atoms with Crippen LogP contribution >= 0.6 is 11.3 Å². The predicted molar refractivity (Wildman–Crippen MR) is 113 cm³/mol. The zero-order valence-electron chi connectivity index (χ0n) is 15.5. The molecule has 3 aromatic carbocycles. The molecule has 0 aliphatic heterocycles. The Kier molecular flexibility index (Phi) is 5.68. The Morgan fingerprint density at radius 1 is 0.655 bits per heavy atom. The maximum atomic E-state index is 12.9. The Balaban J connectivity index is 1.58. The summed E-state index contributed by atoms with van der Waals surface area (Å²) in [4.78, 5) is 25.9. The van der Waals surface area contributed by atoms with Gasteiger partial charge in [0.15, 0.2) is 0 Å². The summed E-state index contributed by atoms with van der Waals surface area (Å²) >= 11 is 1.24. The van der Waals surface area contributed by atoms with Crippen LogP contribution in [-0.4, -0.2) is 11.9 Å². The highest BCUT2D eigenvalue weighted by molar-refractivity contribution is 7.21. The summed E-state index contributed by atoms with van der Waals surface area (Å²) in [5, 5.41) is 0.697. The number of rotatable bonds is 6. The maximum Gasteiger partial charge on any atom is 0.349 e. The van der Waals surface area contributed by atoms with Crippen molar-refractivity contribution in [2.45, 2.75) is 13.2 Å². The van der Waals surface area contributed by atoms with E-state index < -0.39 is 11.9 Å². The van der Waals surface area contributed by atoms with Gasteiger partial charge in [-0.3, -0.25) is 0 Å². The highest BCUT2D eigenvalue weighted by atomic mass is 32.1. The van der Waals surface area contributed by atoms with E-state index in [4.69, 9.17) is 9.47 Å². The Hall–Kier alpha value is -3.44. The van der Waals surface area contributed by atoms with E-state index in [9.17, 15) is 9.59 Å². The lowest BCUT2D eigenvalue weighted by Gasteiger charge is -2.07. The number of fused-ring (bicyclic) bond motifs is 1. The van der Waals surface area contributed by atoms with Crippen molar-refractivity contribution in [2.24, 2.45) is 0 Å². The first kappa shape index (κ1) is 18.9. The molecule has 0 saturated heterocycles. The summed E-state index contributed by atoms with van der Waals surface area (Å²) in [6, 6.07) is 26.3. The average Bonchev–Trinajstić information content (AvgIpc) is 3.17. The van der Waals surface area contributed by atoms with Crippen molar-refractivity contribution in [1.82, 2.24) is 0 Å². The highest BCUT2D eigenvalue weighted by Gasteiger charge is 2.26. The summed E-state index contributed by atoms with van der Waals surface area (Å²) < 4.78 is 11.8. The van der Waals surface area contributed by atoms with Gasteiger partial charge in [0.25, 0.3) is 0 Å². The molecule has 5 heteroatoms. The van der Waals surface area contributed by atoms with E-state index in [-0.39, 0.29) is 23.7 Å². The largest absolute Gasteiger partial charge is 0.457 e. The zero-order chi connectivity index (χ0) is 20.1. The molecule has 4 aromatic rings. The topological polar surface area (TPSA) is 52.6 Å². The van der Waals surface area contributed by atoms with Gasteiger partial charge in [0.2, 0.25) is 0 Å². The van der Waals surface area contributed by atoms with Crippen molar-refractivity contribution in [3.63, 3.8) is 0 Å². The normalized spacial score (nSPS) is 10.6. The molecule has 4 nitrogen and oxygen atoms in total. The lowest BCUT2D eigenvalue weighted by molar-refractivity contribution is 0.0432. The van der Waals surface area contributed by atoms with E-state index in [0.29, 0.717) is 5.39 Å². The number of carbonyl (C=O) groups excluding carboxylic acids is 2. The van der Waals surface area contributed by atoms with Gasteiger partial charge in [-0.25, -0.2) is 9.59 Å². The standard InChI is InChI=1S/C24H18O4S/c25-23(27-15-17-9-3-1-4-10-17)21-19-13-7-8-14-20(19)29-22(21)24(26)28-16-18-11-5-2-6-12-18/h1-14H,15-16H2. The first-order valence-electron chi connectivity index (χ1n) is 9.16. The van der Waals surface area contributed by atoms with Crippen LogP contribution in [0, 0.1) is 0 Å². The molecular formula is C24H18O4S. The van der Waals surface area contributed by atoms with Crippen molar-refractivity contribution in [1.29, 1.82) is 0 Å². The number of benzene rings is 3. The van der Waals surface area contributed by atoms with Crippen molar-refractivity contribution in [3.8, 4) is 0 Å². The predicted octanol–water partition coefficient (Wildman–Crippen LogP) is 5.62. The SMILES string of the molecule is O=C(OCc1ccccc1)c1sc2ccccc2c1C(=O)OCc1ccccc1. The van der Waals surface area contributed by atoms with Crippen LogP contribution in [0.5, 0.6) is 0 Å². The fraction of sp³-hybridized carbons (Fsp3) is 0.0833. The van der Waals surface area contributed by atoms with Gasteiger partial charge < -0.3 is 9.47 Å². The molecule has 0 saturated carbocycles. The monoisotopic (exact) mass is 402 g/mol. The van der Waals surface area contributed by atoms with Gasteiger partial charge in [0.1, 0.15) is 18.1 Å². The number of ether oxygens (including phenoxy) is 2. The smallest absolute Gasteiger partial charge is 0.349 e. The Labute approximate surface area is 172 Å². The van der Waals surface area contributed by atoms with Crippen molar-refractivity contribution < 1.29 is 19.1 Å². The van der Waals surface area contributed by atoms with Crippen molar-refractivity contribution in [3.05, 3.63) is 106 Å². The molecule has 0 atom stereocenters. The average molecular weight is 402 g/mol. The molecule has 4 rings (SSSR count). The number of hydrogen-bond acceptors (Lipinski definition) is 5. The van der Waals surface area contributed by atoms with E-state index in [1.54, 1.807) is 0 Å². The van der Waals surface area contributed by atoms with Gasteiger partial charge in [-0.2, -0.15) is 0 Å². The zero-order valence-corrected chi connectivity index (χ0v) is 16.4. The first-order chi connectivity index (χ1) is 14.2. The summed E-state index contributed by atoms with van der Waals surface area (Å²) in [5.74, 6) is -1.06. The maximum absolute atomic E-state index is 12.9. The molecular weight excluding hydrogens is 384 g/mol. The van der Waals surface area contributed by atoms with Crippen LogP contribution < -0.4 is 0 Å². The third kappa shape index (κ3) is 4.36. The minimum Gasteiger partial charge on any atom is -0.457 e. The van der Waals surface area contributed by atoms with Crippen LogP contribution in [0.3, 0.4) is 0 Å². The molecule has 1 aromatic heterocycles. The van der Waals surface area contributed by atoms with E-state index in [2.05, 4.69) is 0 Å². The van der Waals surface area contributed by atoms with Crippen molar-refractivity contribution >= 4 is 33.4 Å². The molecule has 144 valence electrons. The van der Waals surface area contributed by atoms with E-state index >= 15 is 0 Å². The van der Waals surface area contributed by atoms with Gasteiger partial charge in [-0.05, 0) is 17.2 Å². The van der Waals surface area contributed by atoms with E-state index in [1.807, 2.05) is 84.9 Å². The molecule has 0 aliphatic rings. The quantitative estimate of drug-likeness (QED) is 0.393. The Morgan fingerprint density at radius 2 is 1.17 bits per heavy atom. The molecule has 0 N–H and O–H groups in total. The summed E-state index contributed by atoms with van der Waals surface area (Å²) in [6.07, 6.45) is 0. The van der Waals surface area contributed by atoms with Gasteiger partial charge >= 0.3 is 11.9 Å². The molecule has 0 bridgehead atoms. The second kappa shape index (κ2) is 8.71. The Bertz CT molecular complexity index is 1130. The third-order valence-electron chi connectivity index (χ3n) is 4.41. The Morgan fingerprint density at radius 3 is 1.79 bits per heavy atom. The molecule has 1 heterocycles. The number of carbonyl (C=O) groups is 2. The summed E-state index contributed by atoms with van der Waals surface area (Å²) in [6.45, 7) is 0.286. The van der Waals surface area contributed by atoms with Crippen molar-refractivity contribution in [2.75, 3.05) is 0 Å². The minimum absolute atomic E-state index is 0.141. The second-order valence-corrected chi connectivity index (χ2v) is 7.48. The number of thiophene rings is 1. The van der Waals surface area contributed by atoms with Crippen LogP contribution in [0.15, 0.2) is 84.9 Å². The molecule has 0 radical (unpaired) electrons. The number of esters is 2. The van der Waals surface area contributed by atoms with Gasteiger partial charge in [0, 0.05) is 10.1 Å². The molecule has 0 aliphatic carbocycles. The lowest BCUT2D eigenvalue weighted by Crippen LogP contribution is -2.12. The highest BCUT2D eigenvalue weighted by Crippen LogP contribution is 2.33. The molecule has 0 spiro atoms. The van der Waals surface area contributed by atoms with Crippen LogP contribution in [0.1, 0.15) is 31.2 Å². The van der Waals surface area contributed by atoms with Gasteiger partial charge in [-0.1, -0.05) is 78.9 Å². The van der Waals surface area contributed by atoms with Gasteiger partial charge in [-0.15, -0.1) is 11.3 Å². The van der Waals surface area contributed by atoms with E-state index in [1.165, 1.54) is 11.3 Å². The van der Waals surface area contributed by atoms with Crippen LogP contribution in [-0.2, 0) is 22.7 Å².